The lowest BCUT2D eigenvalue weighted by molar-refractivity contribution is -0.131. The Balaban J connectivity index is 2.25. The van der Waals surface area contributed by atoms with Crippen LogP contribution in [0.4, 0.5) is 0 Å². The molecule has 0 saturated carbocycles. The highest BCUT2D eigenvalue weighted by molar-refractivity contribution is 6.35. The van der Waals surface area contributed by atoms with Crippen molar-refractivity contribution >= 4 is 29.1 Å². The zero-order chi connectivity index (χ0) is 18.5. The van der Waals surface area contributed by atoms with Crippen molar-refractivity contribution in [3.63, 3.8) is 0 Å². The van der Waals surface area contributed by atoms with Crippen LogP contribution in [0.3, 0.4) is 0 Å². The quantitative estimate of drug-likeness (QED) is 0.745. The van der Waals surface area contributed by atoms with Crippen molar-refractivity contribution in [3.8, 4) is 0 Å². The van der Waals surface area contributed by atoms with E-state index in [9.17, 15) is 4.79 Å². The maximum atomic E-state index is 12.8. The average molecular weight is 387 g/mol. The van der Waals surface area contributed by atoms with Crippen LogP contribution in [0.15, 0.2) is 18.2 Å². The largest absolute Gasteiger partial charge is 0.381 e. The Labute approximate surface area is 160 Å². The summed E-state index contributed by atoms with van der Waals surface area (Å²) in [5.41, 5.74) is 6.19. The molecule has 0 aliphatic carbocycles. The van der Waals surface area contributed by atoms with Crippen LogP contribution in [0.25, 0.3) is 0 Å². The molecule has 140 valence electrons. The highest BCUT2D eigenvalue weighted by Gasteiger charge is 2.39. The standard InChI is InChI=1S/C19H28Cl2N2O2/c1-3-18(4-2,12-22)17(24)23-13-19(7-9-25-10-8-19)15-6-5-14(20)11-16(15)21/h5-6,11H,3-4,7-10,12-13,22H2,1-2H3,(H,23,24). The lowest BCUT2D eigenvalue weighted by Crippen LogP contribution is -2.51. The van der Waals surface area contributed by atoms with Crippen molar-refractivity contribution in [3.05, 3.63) is 33.8 Å². The van der Waals surface area contributed by atoms with Crippen LogP contribution in [0, 0.1) is 5.41 Å². The molecule has 1 saturated heterocycles. The van der Waals surface area contributed by atoms with E-state index in [1.54, 1.807) is 6.07 Å². The Morgan fingerprint density at radius 2 is 1.92 bits per heavy atom. The molecule has 1 aliphatic rings. The summed E-state index contributed by atoms with van der Waals surface area (Å²) in [6.07, 6.45) is 3.07. The van der Waals surface area contributed by atoms with Gasteiger partial charge in [-0.15, -0.1) is 0 Å². The maximum Gasteiger partial charge on any atom is 0.227 e. The van der Waals surface area contributed by atoms with E-state index in [1.165, 1.54) is 0 Å². The molecule has 0 atom stereocenters. The highest BCUT2D eigenvalue weighted by Crippen LogP contribution is 2.39. The van der Waals surface area contributed by atoms with E-state index < -0.39 is 5.41 Å². The van der Waals surface area contributed by atoms with Crippen LogP contribution in [0.2, 0.25) is 10.0 Å². The van der Waals surface area contributed by atoms with Gasteiger partial charge in [0.15, 0.2) is 0 Å². The minimum Gasteiger partial charge on any atom is -0.381 e. The van der Waals surface area contributed by atoms with Crippen LogP contribution < -0.4 is 11.1 Å². The van der Waals surface area contributed by atoms with Crippen LogP contribution in [0.5, 0.6) is 0 Å². The van der Waals surface area contributed by atoms with Gasteiger partial charge in [0, 0.05) is 41.8 Å². The fraction of sp³-hybridized carbons (Fsp3) is 0.632. The number of carbonyl (C=O) groups is 1. The monoisotopic (exact) mass is 386 g/mol. The van der Waals surface area contributed by atoms with Crippen molar-refractivity contribution in [1.29, 1.82) is 0 Å². The summed E-state index contributed by atoms with van der Waals surface area (Å²) < 4.78 is 5.55. The number of carbonyl (C=O) groups excluding carboxylic acids is 1. The Hall–Kier alpha value is -0.810. The summed E-state index contributed by atoms with van der Waals surface area (Å²) in [5.74, 6) is 0.0240. The van der Waals surface area contributed by atoms with Crippen molar-refractivity contribution in [2.45, 2.75) is 44.9 Å². The smallest absolute Gasteiger partial charge is 0.227 e. The van der Waals surface area contributed by atoms with E-state index in [1.807, 2.05) is 26.0 Å². The first-order valence-corrected chi connectivity index (χ1v) is 9.70. The van der Waals surface area contributed by atoms with Crippen LogP contribution in [0.1, 0.15) is 45.1 Å². The van der Waals surface area contributed by atoms with Gasteiger partial charge >= 0.3 is 0 Å². The maximum absolute atomic E-state index is 12.8. The zero-order valence-electron chi connectivity index (χ0n) is 15.0. The fourth-order valence-corrected chi connectivity index (χ4v) is 4.22. The first kappa shape index (κ1) is 20.5. The summed E-state index contributed by atoms with van der Waals surface area (Å²) in [5, 5.41) is 4.41. The van der Waals surface area contributed by atoms with Gasteiger partial charge in [0.1, 0.15) is 0 Å². The lowest BCUT2D eigenvalue weighted by atomic mass is 9.73. The van der Waals surface area contributed by atoms with Gasteiger partial charge in [0.05, 0.1) is 5.41 Å². The molecule has 25 heavy (non-hydrogen) atoms. The average Bonchev–Trinajstić information content (AvgIpc) is 2.62. The molecular formula is C19H28Cl2N2O2. The number of nitrogens with two attached hydrogens (primary N) is 1. The number of hydrogen-bond acceptors (Lipinski definition) is 3. The summed E-state index contributed by atoms with van der Waals surface area (Å²) in [7, 11) is 0. The number of benzene rings is 1. The van der Waals surface area contributed by atoms with Gasteiger partial charge in [-0.25, -0.2) is 0 Å². The van der Waals surface area contributed by atoms with Gasteiger partial charge in [-0.3, -0.25) is 4.79 Å². The number of nitrogens with one attached hydrogen (secondary N) is 1. The summed E-state index contributed by atoms with van der Waals surface area (Å²) >= 11 is 12.5. The topological polar surface area (TPSA) is 64.4 Å². The van der Waals surface area contributed by atoms with Crippen molar-refractivity contribution < 1.29 is 9.53 Å². The third kappa shape index (κ3) is 4.30. The van der Waals surface area contributed by atoms with E-state index in [4.69, 9.17) is 33.7 Å². The number of ether oxygens (including phenoxy) is 1. The molecule has 2 rings (SSSR count). The number of rotatable bonds is 7. The number of amides is 1. The molecule has 1 aliphatic heterocycles. The van der Waals surface area contributed by atoms with Gasteiger partial charge in [-0.1, -0.05) is 43.1 Å². The second-order valence-electron chi connectivity index (χ2n) is 6.89. The molecule has 1 fully saturated rings. The zero-order valence-corrected chi connectivity index (χ0v) is 16.6. The van der Waals surface area contributed by atoms with Crippen molar-refractivity contribution in [1.82, 2.24) is 5.32 Å². The summed E-state index contributed by atoms with van der Waals surface area (Å²) in [6, 6.07) is 5.59. The number of halogens is 2. The molecule has 4 nitrogen and oxygen atoms in total. The SMILES string of the molecule is CCC(CC)(CN)C(=O)NCC1(c2ccc(Cl)cc2Cl)CCOCC1. The Kier molecular flexibility index (Phi) is 7.15. The molecular weight excluding hydrogens is 359 g/mol. The first-order chi connectivity index (χ1) is 11.9. The van der Waals surface area contributed by atoms with Crippen molar-refractivity contribution in [2.24, 2.45) is 11.1 Å². The summed E-state index contributed by atoms with van der Waals surface area (Å²) in [6.45, 7) is 6.20. The minimum atomic E-state index is -0.504. The minimum absolute atomic E-state index is 0.0240. The van der Waals surface area contributed by atoms with Gasteiger partial charge in [-0.05, 0) is 43.4 Å². The van der Waals surface area contributed by atoms with Gasteiger partial charge in [-0.2, -0.15) is 0 Å². The number of hydrogen-bond donors (Lipinski definition) is 2. The van der Waals surface area contributed by atoms with E-state index in [2.05, 4.69) is 5.32 Å². The Morgan fingerprint density at radius 1 is 1.28 bits per heavy atom. The molecule has 1 aromatic carbocycles. The fourth-order valence-electron chi connectivity index (χ4n) is 3.61. The van der Waals surface area contributed by atoms with E-state index in [-0.39, 0.29) is 11.3 Å². The van der Waals surface area contributed by atoms with Crippen LogP contribution in [-0.2, 0) is 14.9 Å². The molecule has 1 aromatic rings. The van der Waals surface area contributed by atoms with Crippen LogP contribution in [-0.4, -0.2) is 32.2 Å². The molecule has 0 bridgehead atoms. The van der Waals surface area contributed by atoms with Crippen molar-refractivity contribution in [2.75, 3.05) is 26.3 Å². The van der Waals surface area contributed by atoms with Gasteiger partial charge < -0.3 is 15.8 Å². The second-order valence-corrected chi connectivity index (χ2v) is 7.73. The molecule has 0 spiro atoms. The van der Waals surface area contributed by atoms with E-state index in [0.29, 0.717) is 36.3 Å². The first-order valence-electron chi connectivity index (χ1n) is 8.94. The Morgan fingerprint density at radius 3 is 2.44 bits per heavy atom. The predicted octanol–water partition coefficient (Wildman–Crippen LogP) is 3.92. The lowest BCUT2D eigenvalue weighted by Gasteiger charge is -2.39. The van der Waals surface area contributed by atoms with E-state index >= 15 is 0 Å². The predicted molar refractivity (Wildman–Crippen MR) is 103 cm³/mol. The second kappa shape index (κ2) is 8.72. The van der Waals surface area contributed by atoms with Crippen LogP contribution >= 0.6 is 23.2 Å². The third-order valence-electron chi connectivity index (χ3n) is 5.77. The summed E-state index contributed by atoms with van der Waals surface area (Å²) in [4.78, 5) is 12.8. The molecule has 1 heterocycles. The molecule has 1 amide bonds. The molecule has 3 N–H and O–H groups in total. The molecule has 6 heteroatoms. The molecule has 0 unspecified atom stereocenters. The van der Waals surface area contributed by atoms with Gasteiger partial charge in [0.2, 0.25) is 5.91 Å². The molecule has 0 aromatic heterocycles. The molecule has 0 radical (unpaired) electrons. The van der Waals surface area contributed by atoms with Gasteiger partial charge in [0.25, 0.3) is 0 Å². The normalized spacial score (nSPS) is 17.3. The Bertz CT molecular complexity index is 589. The third-order valence-corrected chi connectivity index (χ3v) is 6.31. The van der Waals surface area contributed by atoms with E-state index in [0.717, 1.165) is 31.2 Å². The highest BCUT2D eigenvalue weighted by atomic mass is 35.5.